The van der Waals surface area contributed by atoms with Gasteiger partial charge in [-0.3, -0.25) is 15.0 Å². The third kappa shape index (κ3) is 6.62. The summed E-state index contributed by atoms with van der Waals surface area (Å²) in [6, 6.07) is 38.5. The number of nitrogens with one attached hydrogen (secondary N) is 1. The smallest absolute Gasteiger partial charge is 0.414 e. The van der Waals surface area contributed by atoms with Gasteiger partial charge in [-0.1, -0.05) is 91.0 Å². The standard InChI is InChI=1S/C35H35N5O4/c1-34(2,3)44-33(41)38(30-19-21-31(22-20-30)40(42)43)25-26-39-32(23-24-36-39)37-35(27-13-7-4-8-14-27,28-15-9-5-10-16-28)29-17-11-6-12-18-29/h4-24,37H,25-26H2,1-3H3. The lowest BCUT2D eigenvalue weighted by Crippen LogP contribution is -2.40. The maximum atomic E-state index is 13.3. The molecule has 1 N–H and O–H groups in total. The summed E-state index contributed by atoms with van der Waals surface area (Å²) in [6.07, 6.45) is 1.16. The van der Waals surface area contributed by atoms with Crippen LogP contribution in [-0.4, -0.2) is 32.9 Å². The summed E-state index contributed by atoms with van der Waals surface area (Å²) in [5.74, 6) is 0.745. The number of rotatable bonds is 10. The Morgan fingerprint density at radius 1 is 0.818 bits per heavy atom. The predicted molar refractivity (Wildman–Crippen MR) is 172 cm³/mol. The third-order valence-electron chi connectivity index (χ3n) is 7.17. The number of non-ortho nitro benzene ring substituents is 1. The van der Waals surface area contributed by atoms with Gasteiger partial charge in [-0.05, 0) is 49.6 Å². The van der Waals surface area contributed by atoms with Crippen LogP contribution in [0.3, 0.4) is 0 Å². The first-order valence-electron chi connectivity index (χ1n) is 14.4. The normalized spacial score (nSPS) is 11.5. The molecule has 0 aliphatic carbocycles. The largest absolute Gasteiger partial charge is 0.443 e. The molecule has 4 aromatic carbocycles. The van der Waals surface area contributed by atoms with Gasteiger partial charge in [0.2, 0.25) is 0 Å². The monoisotopic (exact) mass is 589 g/mol. The maximum absolute atomic E-state index is 13.3. The van der Waals surface area contributed by atoms with E-state index in [-0.39, 0.29) is 12.2 Å². The van der Waals surface area contributed by atoms with Crippen LogP contribution in [0.4, 0.5) is 22.0 Å². The van der Waals surface area contributed by atoms with Gasteiger partial charge in [0, 0.05) is 30.4 Å². The van der Waals surface area contributed by atoms with Crippen LogP contribution in [0.15, 0.2) is 128 Å². The molecule has 0 unspecified atom stereocenters. The number of aromatic nitrogens is 2. The van der Waals surface area contributed by atoms with Crippen LogP contribution in [0.1, 0.15) is 37.5 Å². The van der Waals surface area contributed by atoms with Gasteiger partial charge in [0.1, 0.15) is 17.0 Å². The Balaban J connectivity index is 1.52. The highest BCUT2D eigenvalue weighted by Crippen LogP contribution is 2.40. The molecule has 0 saturated heterocycles. The van der Waals surface area contributed by atoms with Crippen LogP contribution >= 0.6 is 0 Å². The van der Waals surface area contributed by atoms with Crippen molar-refractivity contribution in [1.29, 1.82) is 0 Å². The minimum Gasteiger partial charge on any atom is -0.443 e. The van der Waals surface area contributed by atoms with E-state index in [4.69, 9.17) is 4.74 Å². The van der Waals surface area contributed by atoms with E-state index < -0.39 is 22.2 Å². The van der Waals surface area contributed by atoms with Crippen molar-refractivity contribution < 1.29 is 14.5 Å². The van der Waals surface area contributed by atoms with Gasteiger partial charge in [-0.2, -0.15) is 5.10 Å². The quantitative estimate of drug-likeness (QED) is 0.102. The number of nitrogens with zero attached hydrogens (tertiary/aromatic N) is 4. The molecule has 0 fully saturated rings. The first-order valence-corrected chi connectivity index (χ1v) is 14.4. The third-order valence-corrected chi connectivity index (χ3v) is 7.17. The van der Waals surface area contributed by atoms with Gasteiger partial charge in [0.15, 0.2) is 0 Å². The fourth-order valence-electron chi connectivity index (χ4n) is 5.18. The summed E-state index contributed by atoms with van der Waals surface area (Å²) in [6.45, 7) is 5.92. The minimum absolute atomic E-state index is 0.0597. The van der Waals surface area contributed by atoms with Crippen LogP contribution in [0.5, 0.6) is 0 Å². The number of benzene rings is 4. The Morgan fingerprint density at radius 2 is 1.32 bits per heavy atom. The predicted octanol–water partition coefficient (Wildman–Crippen LogP) is 7.64. The fourth-order valence-corrected chi connectivity index (χ4v) is 5.18. The van der Waals surface area contributed by atoms with E-state index in [2.05, 4.69) is 46.8 Å². The SMILES string of the molecule is CC(C)(C)OC(=O)N(CCn1nccc1NC(c1ccccc1)(c1ccccc1)c1ccccc1)c1ccc([N+](=O)[O-])cc1. The first-order chi connectivity index (χ1) is 21.2. The molecule has 5 rings (SSSR count). The summed E-state index contributed by atoms with van der Waals surface area (Å²) in [5.41, 5.74) is 2.08. The molecule has 0 atom stereocenters. The number of anilines is 2. The molecule has 1 heterocycles. The lowest BCUT2D eigenvalue weighted by atomic mass is 9.77. The Kier molecular flexibility index (Phi) is 8.76. The summed E-state index contributed by atoms with van der Waals surface area (Å²) in [4.78, 5) is 25.6. The van der Waals surface area contributed by atoms with Crippen molar-refractivity contribution in [3.63, 3.8) is 0 Å². The Hall–Kier alpha value is -5.44. The first kappa shape index (κ1) is 30.0. The zero-order valence-corrected chi connectivity index (χ0v) is 25.0. The Labute approximate surface area is 256 Å². The van der Waals surface area contributed by atoms with Gasteiger partial charge in [0.05, 0.1) is 17.7 Å². The number of amides is 1. The average molecular weight is 590 g/mol. The highest BCUT2D eigenvalue weighted by atomic mass is 16.6. The Bertz CT molecular complexity index is 1590. The van der Waals surface area contributed by atoms with Crippen molar-refractivity contribution in [1.82, 2.24) is 9.78 Å². The van der Waals surface area contributed by atoms with Gasteiger partial charge < -0.3 is 10.1 Å². The molecule has 9 nitrogen and oxygen atoms in total. The molecule has 1 amide bonds. The van der Waals surface area contributed by atoms with E-state index in [1.54, 1.807) is 39.1 Å². The van der Waals surface area contributed by atoms with Crippen LogP contribution in [-0.2, 0) is 16.8 Å². The minimum atomic E-state index is -0.759. The van der Waals surface area contributed by atoms with Crippen molar-refractivity contribution in [2.45, 2.75) is 38.5 Å². The highest BCUT2D eigenvalue weighted by molar-refractivity contribution is 5.88. The number of hydrogen-bond donors (Lipinski definition) is 1. The van der Waals surface area contributed by atoms with E-state index in [1.807, 2.05) is 65.3 Å². The van der Waals surface area contributed by atoms with Crippen LogP contribution in [0.2, 0.25) is 0 Å². The van der Waals surface area contributed by atoms with Gasteiger partial charge in [0.25, 0.3) is 5.69 Å². The second-order valence-electron chi connectivity index (χ2n) is 11.3. The molecule has 0 aliphatic rings. The average Bonchev–Trinajstić information content (AvgIpc) is 3.47. The molecule has 5 aromatic rings. The van der Waals surface area contributed by atoms with Gasteiger partial charge >= 0.3 is 6.09 Å². The maximum Gasteiger partial charge on any atom is 0.414 e. The Morgan fingerprint density at radius 3 is 1.77 bits per heavy atom. The lowest BCUT2D eigenvalue weighted by Gasteiger charge is -2.38. The van der Waals surface area contributed by atoms with Crippen molar-refractivity contribution in [2.75, 3.05) is 16.8 Å². The van der Waals surface area contributed by atoms with Crippen molar-refractivity contribution in [3.05, 3.63) is 154 Å². The second kappa shape index (κ2) is 12.8. The molecule has 44 heavy (non-hydrogen) atoms. The second-order valence-corrected chi connectivity index (χ2v) is 11.3. The molecule has 0 aliphatic heterocycles. The summed E-state index contributed by atoms with van der Waals surface area (Å²) in [5, 5.41) is 19.7. The number of carbonyl (C=O) groups is 1. The number of carbonyl (C=O) groups excluding carboxylic acids is 1. The van der Waals surface area contributed by atoms with Crippen LogP contribution < -0.4 is 10.2 Å². The zero-order valence-electron chi connectivity index (χ0n) is 25.0. The summed E-state index contributed by atoms with van der Waals surface area (Å²) in [7, 11) is 0. The van der Waals surface area contributed by atoms with Crippen molar-refractivity contribution in [3.8, 4) is 0 Å². The van der Waals surface area contributed by atoms with E-state index in [1.165, 1.54) is 17.0 Å². The summed E-state index contributed by atoms with van der Waals surface area (Å²) < 4.78 is 7.51. The summed E-state index contributed by atoms with van der Waals surface area (Å²) >= 11 is 0. The fraction of sp³-hybridized carbons (Fsp3) is 0.200. The van der Waals surface area contributed by atoms with Crippen molar-refractivity contribution >= 4 is 23.3 Å². The molecule has 0 spiro atoms. The molecule has 224 valence electrons. The zero-order chi connectivity index (χ0) is 31.2. The number of nitro benzene ring substituents is 1. The number of hydrogen-bond acceptors (Lipinski definition) is 6. The van der Waals surface area contributed by atoms with E-state index >= 15 is 0 Å². The molecule has 0 saturated carbocycles. The van der Waals surface area contributed by atoms with Crippen LogP contribution in [0.25, 0.3) is 0 Å². The van der Waals surface area contributed by atoms with E-state index in [9.17, 15) is 14.9 Å². The highest BCUT2D eigenvalue weighted by Gasteiger charge is 2.37. The topological polar surface area (TPSA) is 103 Å². The van der Waals surface area contributed by atoms with E-state index in [0.29, 0.717) is 12.2 Å². The molecular formula is C35H35N5O4. The molecule has 0 radical (unpaired) electrons. The molecule has 9 heteroatoms. The van der Waals surface area contributed by atoms with E-state index in [0.717, 1.165) is 22.5 Å². The lowest BCUT2D eigenvalue weighted by molar-refractivity contribution is -0.384. The van der Waals surface area contributed by atoms with Gasteiger partial charge in [-0.25, -0.2) is 9.48 Å². The van der Waals surface area contributed by atoms with Gasteiger partial charge in [-0.15, -0.1) is 0 Å². The number of ether oxygens (including phenoxy) is 1. The molecule has 1 aromatic heterocycles. The van der Waals surface area contributed by atoms with Crippen LogP contribution in [0, 0.1) is 10.1 Å². The number of nitro groups is 1. The van der Waals surface area contributed by atoms with Crippen molar-refractivity contribution in [2.24, 2.45) is 0 Å². The molecule has 0 bridgehead atoms. The molecular weight excluding hydrogens is 554 g/mol.